The van der Waals surface area contributed by atoms with Gasteiger partial charge in [0.1, 0.15) is 11.5 Å². The third kappa shape index (κ3) is 3.38. The Morgan fingerprint density at radius 1 is 1.40 bits per heavy atom. The van der Waals surface area contributed by atoms with Crippen molar-refractivity contribution in [3.8, 4) is 0 Å². The van der Waals surface area contributed by atoms with Crippen LogP contribution in [-0.2, 0) is 13.0 Å². The molecule has 1 atom stereocenters. The second kappa shape index (κ2) is 4.84. The maximum atomic E-state index is 5.64. The molecule has 1 N–H and O–H groups in total. The van der Waals surface area contributed by atoms with Gasteiger partial charge in [-0.25, -0.2) is 0 Å². The molecule has 2 nitrogen and oxygen atoms in total. The van der Waals surface area contributed by atoms with Gasteiger partial charge in [-0.05, 0) is 31.4 Å². The van der Waals surface area contributed by atoms with Crippen LogP contribution in [0.5, 0.6) is 0 Å². The highest BCUT2D eigenvalue weighted by Gasteiger charge is 2.23. The lowest BCUT2D eigenvalue weighted by Gasteiger charge is -2.11. The van der Waals surface area contributed by atoms with Crippen LogP contribution in [0.4, 0.5) is 0 Å². The smallest absolute Gasteiger partial charge is 0.117 e. The van der Waals surface area contributed by atoms with E-state index in [0.29, 0.717) is 6.04 Å². The maximum Gasteiger partial charge on any atom is 0.117 e. The Bertz CT molecular complexity index is 301. The Labute approximate surface area is 92.1 Å². The number of hydrogen-bond donors (Lipinski definition) is 1. The van der Waals surface area contributed by atoms with Gasteiger partial charge in [0.2, 0.25) is 0 Å². The fraction of sp³-hybridized carbons (Fsp3) is 0.692. The van der Waals surface area contributed by atoms with E-state index in [4.69, 9.17) is 4.42 Å². The molecule has 0 radical (unpaired) electrons. The average molecular weight is 207 g/mol. The second-order valence-electron chi connectivity index (χ2n) is 4.68. The molecule has 1 unspecified atom stereocenters. The van der Waals surface area contributed by atoms with Crippen LogP contribution in [0.1, 0.15) is 44.6 Å². The standard InChI is InChI=1S/C13H21NO/c1-3-12-6-7-13(15-12)9-14-10(2)8-11-4-5-11/h6-7,10-11,14H,3-5,8-9H2,1-2H3. The van der Waals surface area contributed by atoms with E-state index >= 15 is 0 Å². The molecule has 0 bridgehead atoms. The molecule has 0 saturated heterocycles. The van der Waals surface area contributed by atoms with E-state index in [9.17, 15) is 0 Å². The summed E-state index contributed by atoms with van der Waals surface area (Å²) >= 11 is 0. The van der Waals surface area contributed by atoms with Gasteiger partial charge in [0.15, 0.2) is 0 Å². The molecule has 0 spiro atoms. The first-order valence-corrected chi connectivity index (χ1v) is 6.09. The van der Waals surface area contributed by atoms with E-state index in [2.05, 4.69) is 31.3 Å². The number of aryl methyl sites for hydroxylation is 1. The fourth-order valence-corrected chi connectivity index (χ4v) is 1.92. The minimum atomic E-state index is 0.618. The van der Waals surface area contributed by atoms with Crippen molar-refractivity contribution in [2.45, 2.75) is 52.1 Å². The Morgan fingerprint density at radius 3 is 2.73 bits per heavy atom. The van der Waals surface area contributed by atoms with Crippen molar-refractivity contribution in [1.82, 2.24) is 5.32 Å². The molecule has 1 aliphatic carbocycles. The topological polar surface area (TPSA) is 25.2 Å². The van der Waals surface area contributed by atoms with Crippen molar-refractivity contribution in [1.29, 1.82) is 0 Å². The van der Waals surface area contributed by atoms with Gasteiger partial charge >= 0.3 is 0 Å². The summed E-state index contributed by atoms with van der Waals surface area (Å²) in [5, 5.41) is 3.51. The molecular formula is C13H21NO. The molecule has 0 aliphatic heterocycles. The van der Waals surface area contributed by atoms with Gasteiger partial charge in [0, 0.05) is 12.5 Å². The van der Waals surface area contributed by atoms with Crippen LogP contribution < -0.4 is 5.32 Å². The Balaban J connectivity index is 1.71. The molecule has 84 valence electrons. The van der Waals surface area contributed by atoms with E-state index in [0.717, 1.165) is 30.4 Å². The van der Waals surface area contributed by atoms with Crippen molar-refractivity contribution < 1.29 is 4.42 Å². The molecule has 2 rings (SSSR count). The second-order valence-corrected chi connectivity index (χ2v) is 4.68. The number of nitrogens with one attached hydrogen (secondary N) is 1. The van der Waals surface area contributed by atoms with Crippen LogP contribution in [0.15, 0.2) is 16.5 Å². The lowest BCUT2D eigenvalue weighted by Crippen LogP contribution is -2.25. The summed E-state index contributed by atoms with van der Waals surface area (Å²) in [6.45, 7) is 5.25. The van der Waals surface area contributed by atoms with Crippen LogP contribution in [0.25, 0.3) is 0 Å². The summed E-state index contributed by atoms with van der Waals surface area (Å²) in [5.74, 6) is 3.14. The normalized spacial score (nSPS) is 18.0. The summed E-state index contributed by atoms with van der Waals surface area (Å²) in [5.41, 5.74) is 0. The lowest BCUT2D eigenvalue weighted by atomic mass is 10.1. The monoisotopic (exact) mass is 207 g/mol. The highest BCUT2D eigenvalue weighted by molar-refractivity contribution is 5.06. The molecule has 1 heterocycles. The quantitative estimate of drug-likeness (QED) is 0.775. The van der Waals surface area contributed by atoms with E-state index < -0.39 is 0 Å². The number of furan rings is 1. The van der Waals surface area contributed by atoms with Crippen molar-refractivity contribution in [3.05, 3.63) is 23.7 Å². The molecule has 0 aromatic carbocycles. The van der Waals surface area contributed by atoms with Gasteiger partial charge in [-0.15, -0.1) is 0 Å². The Morgan fingerprint density at radius 2 is 2.13 bits per heavy atom. The SMILES string of the molecule is CCc1ccc(CNC(C)CC2CC2)o1. The third-order valence-electron chi connectivity index (χ3n) is 3.07. The predicted molar refractivity (Wildman–Crippen MR) is 61.7 cm³/mol. The van der Waals surface area contributed by atoms with Crippen LogP contribution in [0, 0.1) is 5.92 Å². The maximum absolute atomic E-state index is 5.64. The van der Waals surface area contributed by atoms with Gasteiger partial charge in [0.25, 0.3) is 0 Å². The molecule has 1 aromatic heterocycles. The average Bonchev–Trinajstić information content (AvgIpc) is 2.92. The molecular weight excluding hydrogens is 186 g/mol. The zero-order valence-electron chi connectivity index (χ0n) is 9.75. The van der Waals surface area contributed by atoms with Crippen molar-refractivity contribution in [3.63, 3.8) is 0 Å². The van der Waals surface area contributed by atoms with Gasteiger partial charge in [-0.1, -0.05) is 19.8 Å². The lowest BCUT2D eigenvalue weighted by molar-refractivity contribution is 0.417. The fourth-order valence-electron chi connectivity index (χ4n) is 1.92. The van der Waals surface area contributed by atoms with Gasteiger partial charge in [-0.2, -0.15) is 0 Å². The molecule has 2 heteroatoms. The van der Waals surface area contributed by atoms with Crippen molar-refractivity contribution >= 4 is 0 Å². The summed E-state index contributed by atoms with van der Waals surface area (Å²) in [4.78, 5) is 0. The Kier molecular flexibility index (Phi) is 3.47. The van der Waals surface area contributed by atoms with E-state index in [1.165, 1.54) is 19.3 Å². The van der Waals surface area contributed by atoms with Crippen molar-refractivity contribution in [2.24, 2.45) is 5.92 Å². The molecule has 1 aromatic rings. The summed E-state index contributed by atoms with van der Waals surface area (Å²) < 4.78 is 5.64. The first-order chi connectivity index (χ1) is 7.28. The van der Waals surface area contributed by atoms with Crippen LogP contribution in [0.3, 0.4) is 0 Å². The number of rotatable bonds is 6. The van der Waals surface area contributed by atoms with E-state index in [1.54, 1.807) is 0 Å². The zero-order valence-corrected chi connectivity index (χ0v) is 9.75. The van der Waals surface area contributed by atoms with Gasteiger partial charge < -0.3 is 9.73 Å². The summed E-state index contributed by atoms with van der Waals surface area (Å²) in [7, 11) is 0. The predicted octanol–water partition coefficient (Wildman–Crippen LogP) is 3.12. The molecule has 1 fully saturated rings. The highest BCUT2D eigenvalue weighted by atomic mass is 16.3. The van der Waals surface area contributed by atoms with Crippen LogP contribution in [0.2, 0.25) is 0 Å². The first kappa shape index (κ1) is 10.7. The van der Waals surface area contributed by atoms with Crippen LogP contribution in [-0.4, -0.2) is 6.04 Å². The van der Waals surface area contributed by atoms with E-state index in [-0.39, 0.29) is 0 Å². The van der Waals surface area contributed by atoms with Gasteiger partial charge in [0.05, 0.1) is 6.54 Å². The number of hydrogen-bond acceptors (Lipinski definition) is 2. The largest absolute Gasteiger partial charge is 0.465 e. The molecule has 0 amide bonds. The summed E-state index contributed by atoms with van der Waals surface area (Å²) in [6.07, 6.45) is 5.18. The summed E-state index contributed by atoms with van der Waals surface area (Å²) in [6, 6.07) is 4.77. The Hall–Kier alpha value is -0.760. The molecule has 1 aliphatic rings. The van der Waals surface area contributed by atoms with Gasteiger partial charge in [-0.3, -0.25) is 0 Å². The van der Waals surface area contributed by atoms with Crippen molar-refractivity contribution in [2.75, 3.05) is 0 Å². The zero-order chi connectivity index (χ0) is 10.7. The minimum Gasteiger partial charge on any atom is -0.465 e. The molecule has 15 heavy (non-hydrogen) atoms. The highest BCUT2D eigenvalue weighted by Crippen LogP contribution is 2.33. The third-order valence-corrected chi connectivity index (χ3v) is 3.07. The molecule has 1 saturated carbocycles. The van der Waals surface area contributed by atoms with Crippen LogP contribution >= 0.6 is 0 Å². The minimum absolute atomic E-state index is 0.618. The first-order valence-electron chi connectivity index (χ1n) is 6.09. The van der Waals surface area contributed by atoms with E-state index in [1.807, 2.05) is 0 Å².